The van der Waals surface area contributed by atoms with E-state index in [2.05, 4.69) is 10.6 Å². The molecule has 0 radical (unpaired) electrons. The Bertz CT molecular complexity index is 1170. The summed E-state index contributed by atoms with van der Waals surface area (Å²) in [6.45, 7) is 0. The highest BCUT2D eigenvalue weighted by molar-refractivity contribution is 7.92. The van der Waals surface area contributed by atoms with Crippen LogP contribution in [0.4, 0.5) is 10.1 Å². The van der Waals surface area contributed by atoms with Crippen LogP contribution in [0, 0.1) is 11.2 Å². The van der Waals surface area contributed by atoms with E-state index < -0.39 is 32.5 Å². The second-order valence-corrected chi connectivity index (χ2v) is 11.5. The molecular weight excluding hydrogens is 443 g/mol. The number of carbonyl (C=O) groups excluding carboxylic acids is 2. The van der Waals surface area contributed by atoms with Gasteiger partial charge in [0.05, 0.1) is 26.1 Å². The lowest BCUT2D eigenvalue weighted by Gasteiger charge is -2.69. The predicted octanol–water partition coefficient (Wildman–Crippen LogP) is 3.71. The van der Waals surface area contributed by atoms with Crippen molar-refractivity contribution in [3.63, 3.8) is 0 Å². The van der Waals surface area contributed by atoms with E-state index in [1.807, 2.05) is 0 Å². The van der Waals surface area contributed by atoms with Gasteiger partial charge in [0.15, 0.2) is 9.84 Å². The van der Waals surface area contributed by atoms with Crippen molar-refractivity contribution in [1.82, 2.24) is 5.32 Å². The lowest BCUT2D eigenvalue weighted by atomic mass is 9.39. The largest absolute Gasteiger partial charge is 0.346 e. The first kappa shape index (κ1) is 20.5. The standard InChI is InChI=1S/C22H20ClFN2O4S/c23-16-2-1-3-17(24)18(16)19(27)26-22-10-21(11-22,12-22)20(28)25-13-4-6-14(7-5-13)31(29,30)15-8-9-15/h1-7,15H,8-12H2,(H,25,28)(H,26,27). The molecule has 6 nitrogen and oxygen atoms in total. The lowest BCUT2D eigenvalue weighted by molar-refractivity contribution is -0.172. The fourth-order valence-electron chi connectivity index (χ4n) is 4.74. The first-order chi connectivity index (χ1) is 14.6. The van der Waals surface area contributed by atoms with Gasteiger partial charge in [-0.2, -0.15) is 0 Å². The molecule has 162 valence electrons. The Morgan fingerprint density at radius 1 is 1.03 bits per heavy atom. The van der Waals surface area contributed by atoms with E-state index in [0.717, 1.165) is 0 Å². The highest BCUT2D eigenvalue weighted by Crippen LogP contribution is 2.67. The highest BCUT2D eigenvalue weighted by Gasteiger charge is 2.72. The minimum Gasteiger partial charge on any atom is -0.346 e. The van der Waals surface area contributed by atoms with Crippen LogP contribution in [0.15, 0.2) is 47.4 Å². The Hall–Kier alpha value is -2.45. The third-order valence-electron chi connectivity index (χ3n) is 6.48. The van der Waals surface area contributed by atoms with Crippen LogP contribution < -0.4 is 10.6 Å². The van der Waals surface area contributed by atoms with Gasteiger partial charge in [-0.25, -0.2) is 12.8 Å². The average molecular weight is 463 g/mol. The fraction of sp³-hybridized carbons (Fsp3) is 0.364. The number of hydrogen-bond donors (Lipinski definition) is 2. The summed E-state index contributed by atoms with van der Waals surface area (Å²) in [5, 5.41) is 5.44. The summed E-state index contributed by atoms with van der Waals surface area (Å²) in [7, 11) is -3.26. The van der Waals surface area contributed by atoms with Crippen molar-refractivity contribution < 1.29 is 22.4 Å². The molecule has 2 aromatic carbocycles. The molecule has 0 aromatic heterocycles. The molecule has 0 spiro atoms. The molecule has 0 heterocycles. The molecule has 4 saturated carbocycles. The Labute approximate surface area is 184 Å². The molecular formula is C22H20ClFN2O4S. The van der Waals surface area contributed by atoms with Crippen LogP contribution >= 0.6 is 11.6 Å². The van der Waals surface area contributed by atoms with Crippen LogP contribution in [-0.2, 0) is 14.6 Å². The van der Waals surface area contributed by atoms with E-state index in [1.165, 1.54) is 30.3 Å². The number of nitrogens with one attached hydrogen (secondary N) is 2. The molecule has 6 rings (SSSR count). The number of anilines is 1. The van der Waals surface area contributed by atoms with Crippen LogP contribution in [0.2, 0.25) is 5.02 Å². The van der Waals surface area contributed by atoms with Crippen molar-refractivity contribution in [3.8, 4) is 0 Å². The Balaban J connectivity index is 1.19. The molecule has 2 bridgehead atoms. The third kappa shape index (κ3) is 3.32. The number of hydrogen-bond acceptors (Lipinski definition) is 4. The number of halogens is 2. The Morgan fingerprint density at radius 2 is 1.68 bits per heavy atom. The van der Waals surface area contributed by atoms with Gasteiger partial charge in [-0.3, -0.25) is 9.59 Å². The zero-order valence-corrected chi connectivity index (χ0v) is 18.0. The summed E-state index contributed by atoms with van der Waals surface area (Å²) in [6, 6.07) is 10.3. The SMILES string of the molecule is O=C(NC12CC(C(=O)Nc3ccc(S(=O)(=O)C4CC4)cc3)(C1)C2)c1c(F)cccc1Cl. The number of amides is 2. The first-order valence-electron chi connectivity index (χ1n) is 10.1. The van der Waals surface area contributed by atoms with Gasteiger partial charge in [-0.15, -0.1) is 0 Å². The van der Waals surface area contributed by atoms with Crippen LogP contribution in [0.3, 0.4) is 0 Å². The minimum atomic E-state index is -3.26. The smallest absolute Gasteiger partial charge is 0.256 e. The van der Waals surface area contributed by atoms with Gasteiger partial charge < -0.3 is 10.6 Å². The second kappa shape index (κ2) is 6.77. The van der Waals surface area contributed by atoms with Crippen molar-refractivity contribution in [2.24, 2.45) is 5.41 Å². The maximum atomic E-state index is 14.0. The Morgan fingerprint density at radius 3 is 2.26 bits per heavy atom. The van der Waals surface area contributed by atoms with Gasteiger partial charge in [0, 0.05) is 11.2 Å². The zero-order valence-electron chi connectivity index (χ0n) is 16.5. The molecule has 9 heteroatoms. The summed E-state index contributed by atoms with van der Waals surface area (Å²) >= 11 is 5.95. The summed E-state index contributed by atoms with van der Waals surface area (Å²) in [5.74, 6) is -1.43. The van der Waals surface area contributed by atoms with Crippen molar-refractivity contribution in [3.05, 3.63) is 58.9 Å². The summed E-state index contributed by atoms with van der Waals surface area (Å²) < 4.78 is 38.5. The van der Waals surface area contributed by atoms with Crippen molar-refractivity contribution in [2.75, 3.05) is 5.32 Å². The molecule has 0 saturated heterocycles. The van der Waals surface area contributed by atoms with Crippen LogP contribution in [-0.4, -0.2) is 31.0 Å². The third-order valence-corrected chi connectivity index (χ3v) is 9.08. The van der Waals surface area contributed by atoms with Crippen molar-refractivity contribution in [2.45, 2.75) is 47.8 Å². The summed E-state index contributed by atoms with van der Waals surface area (Å²) in [4.78, 5) is 25.5. The number of carbonyl (C=O) groups is 2. The van der Waals surface area contributed by atoms with E-state index in [1.54, 1.807) is 12.1 Å². The molecule has 2 N–H and O–H groups in total. The molecule has 4 fully saturated rings. The molecule has 4 aliphatic carbocycles. The zero-order chi connectivity index (χ0) is 22.0. The summed E-state index contributed by atoms with van der Waals surface area (Å²) in [6.07, 6.45) is 2.81. The number of rotatable bonds is 6. The maximum Gasteiger partial charge on any atom is 0.256 e. The number of sulfone groups is 1. The van der Waals surface area contributed by atoms with E-state index in [-0.39, 0.29) is 26.6 Å². The Kier molecular flexibility index (Phi) is 4.47. The maximum absolute atomic E-state index is 14.0. The van der Waals surface area contributed by atoms with E-state index >= 15 is 0 Å². The molecule has 4 aliphatic rings. The molecule has 2 aromatic rings. The quantitative estimate of drug-likeness (QED) is 0.684. The predicted molar refractivity (Wildman–Crippen MR) is 113 cm³/mol. The van der Waals surface area contributed by atoms with Crippen LogP contribution in [0.5, 0.6) is 0 Å². The van der Waals surface area contributed by atoms with Crippen molar-refractivity contribution in [1.29, 1.82) is 0 Å². The van der Waals surface area contributed by atoms with Gasteiger partial charge in [0.2, 0.25) is 5.91 Å². The van der Waals surface area contributed by atoms with E-state index in [4.69, 9.17) is 11.6 Å². The van der Waals surface area contributed by atoms with Gasteiger partial charge >= 0.3 is 0 Å². The van der Waals surface area contributed by atoms with Gasteiger partial charge in [-0.05, 0) is 68.5 Å². The van der Waals surface area contributed by atoms with Crippen LogP contribution in [0.1, 0.15) is 42.5 Å². The van der Waals surface area contributed by atoms with E-state index in [0.29, 0.717) is 37.8 Å². The van der Waals surface area contributed by atoms with Gasteiger partial charge in [0.25, 0.3) is 5.91 Å². The monoisotopic (exact) mass is 462 g/mol. The molecule has 0 unspecified atom stereocenters. The lowest BCUT2D eigenvalue weighted by Crippen LogP contribution is -2.77. The second-order valence-electron chi connectivity index (χ2n) is 8.86. The first-order valence-corrected chi connectivity index (χ1v) is 12.0. The van der Waals surface area contributed by atoms with Crippen molar-refractivity contribution >= 4 is 38.9 Å². The number of benzene rings is 2. The average Bonchev–Trinajstić information content (AvgIpc) is 3.49. The van der Waals surface area contributed by atoms with E-state index in [9.17, 15) is 22.4 Å². The summed E-state index contributed by atoms with van der Waals surface area (Å²) in [5.41, 5.74) is -0.734. The normalized spacial score (nSPS) is 26.4. The highest BCUT2D eigenvalue weighted by atomic mass is 35.5. The molecule has 31 heavy (non-hydrogen) atoms. The molecule has 0 aliphatic heterocycles. The van der Waals surface area contributed by atoms with Gasteiger partial charge in [-0.1, -0.05) is 17.7 Å². The fourth-order valence-corrected chi connectivity index (χ4v) is 6.65. The minimum absolute atomic E-state index is 0.0451. The van der Waals surface area contributed by atoms with Crippen LogP contribution in [0.25, 0.3) is 0 Å². The molecule has 0 atom stereocenters. The van der Waals surface area contributed by atoms with Gasteiger partial charge in [0.1, 0.15) is 5.82 Å². The topological polar surface area (TPSA) is 92.3 Å². The molecule has 2 amide bonds.